The summed E-state index contributed by atoms with van der Waals surface area (Å²) >= 11 is 0. The van der Waals surface area contributed by atoms with Crippen LogP contribution in [-0.2, 0) is 6.54 Å². The van der Waals surface area contributed by atoms with Crippen LogP contribution in [0.2, 0.25) is 0 Å². The summed E-state index contributed by atoms with van der Waals surface area (Å²) in [6.45, 7) is 6.02. The maximum atomic E-state index is 5.70. The molecule has 100 valence electrons. The average Bonchev–Trinajstić information content (AvgIpc) is 2.43. The van der Waals surface area contributed by atoms with Gasteiger partial charge in [-0.15, -0.1) is 0 Å². The summed E-state index contributed by atoms with van der Waals surface area (Å²) in [4.78, 5) is 8.38. The molecule has 2 rings (SSSR count). The van der Waals surface area contributed by atoms with Gasteiger partial charge in [-0.25, -0.2) is 4.98 Å². The first-order valence-corrected chi connectivity index (χ1v) is 6.53. The number of hydrogen-bond donors (Lipinski definition) is 1. The summed E-state index contributed by atoms with van der Waals surface area (Å²) in [5.41, 5.74) is 2.20. The zero-order chi connectivity index (χ0) is 13.5. The fourth-order valence-electron chi connectivity index (χ4n) is 1.75. The Labute approximate surface area is 113 Å². The predicted octanol–water partition coefficient (Wildman–Crippen LogP) is 3.08. The smallest absolute Gasteiger partial charge is 0.222 e. The van der Waals surface area contributed by atoms with E-state index in [1.54, 1.807) is 12.4 Å². The normalized spacial score (nSPS) is 10.4. The quantitative estimate of drug-likeness (QED) is 0.808. The molecule has 19 heavy (non-hydrogen) atoms. The number of aryl methyl sites for hydroxylation is 1. The number of pyridine rings is 2. The van der Waals surface area contributed by atoms with Crippen molar-refractivity contribution in [1.82, 2.24) is 15.3 Å². The van der Waals surface area contributed by atoms with E-state index in [0.717, 1.165) is 25.1 Å². The molecular weight excluding hydrogens is 238 g/mol. The van der Waals surface area contributed by atoms with Gasteiger partial charge in [0.05, 0.1) is 6.20 Å². The minimum absolute atomic E-state index is 0.632. The van der Waals surface area contributed by atoms with Crippen molar-refractivity contribution in [3.63, 3.8) is 0 Å². The molecule has 2 aromatic rings. The summed E-state index contributed by atoms with van der Waals surface area (Å²) < 4.78 is 5.70. The largest absolute Gasteiger partial charge is 0.437 e. The van der Waals surface area contributed by atoms with Crippen molar-refractivity contribution in [1.29, 1.82) is 0 Å². The Morgan fingerprint density at radius 1 is 1.32 bits per heavy atom. The predicted molar refractivity (Wildman–Crippen MR) is 75.3 cm³/mol. The van der Waals surface area contributed by atoms with Crippen molar-refractivity contribution in [2.75, 3.05) is 6.54 Å². The summed E-state index contributed by atoms with van der Waals surface area (Å²) in [5.74, 6) is 1.34. The molecule has 2 heterocycles. The van der Waals surface area contributed by atoms with Gasteiger partial charge in [0.1, 0.15) is 5.75 Å². The van der Waals surface area contributed by atoms with Gasteiger partial charge in [0.2, 0.25) is 5.88 Å². The number of rotatable bonds is 6. The maximum absolute atomic E-state index is 5.70. The van der Waals surface area contributed by atoms with Gasteiger partial charge in [-0.3, -0.25) is 4.98 Å². The lowest BCUT2D eigenvalue weighted by Gasteiger charge is -2.09. The van der Waals surface area contributed by atoms with Gasteiger partial charge >= 0.3 is 0 Å². The highest BCUT2D eigenvalue weighted by Gasteiger charge is 2.04. The van der Waals surface area contributed by atoms with Gasteiger partial charge in [0.15, 0.2) is 0 Å². The maximum Gasteiger partial charge on any atom is 0.222 e. The van der Waals surface area contributed by atoms with Gasteiger partial charge in [-0.05, 0) is 43.7 Å². The summed E-state index contributed by atoms with van der Waals surface area (Å²) in [7, 11) is 0. The third kappa shape index (κ3) is 4.03. The van der Waals surface area contributed by atoms with Crippen LogP contribution in [0.15, 0.2) is 36.8 Å². The highest BCUT2D eigenvalue weighted by Crippen LogP contribution is 2.22. The molecule has 0 saturated heterocycles. The van der Waals surface area contributed by atoms with Gasteiger partial charge in [0, 0.05) is 24.5 Å². The van der Waals surface area contributed by atoms with Crippen molar-refractivity contribution < 1.29 is 4.74 Å². The van der Waals surface area contributed by atoms with E-state index in [1.807, 2.05) is 25.3 Å². The van der Waals surface area contributed by atoms with Crippen LogP contribution in [0.3, 0.4) is 0 Å². The molecule has 1 N–H and O–H groups in total. The van der Waals surface area contributed by atoms with E-state index in [-0.39, 0.29) is 0 Å². The second kappa shape index (κ2) is 6.85. The molecule has 4 heteroatoms. The Kier molecular flexibility index (Phi) is 4.86. The zero-order valence-corrected chi connectivity index (χ0v) is 11.4. The molecule has 0 amide bonds. The zero-order valence-electron chi connectivity index (χ0n) is 11.4. The first-order chi connectivity index (χ1) is 9.29. The summed E-state index contributed by atoms with van der Waals surface area (Å²) in [5, 5.41) is 3.36. The standard InChI is InChI=1S/C15H19N3O/c1-3-6-16-9-13-8-12(2)15(18-10-13)19-14-5-4-7-17-11-14/h4-5,7-8,10-11,16H,3,6,9H2,1-2H3. The van der Waals surface area contributed by atoms with Crippen LogP contribution >= 0.6 is 0 Å². The molecule has 0 unspecified atom stereocenters. The van der Waals surface area contributed by atoms with E-state index < -0.39 is 0 Å². The van der Waals surface area contributed by atoms with Crippen LogP contribution < -0.4 is 10.1 Å². The van der Waals surface area contributed by atoms with Crippen LogP contribution in [0.25, 0.3) is 0 Å². The first kappa shape index (κ1) is 13.5. The SMILES string of the molecule is CCCNCc1cnc(Oc2cccnc2)c(C)c1. The number of hydrogen-bond acceptors (Lipinski definition) is 4. The molecule has 0 aliphatic carbocycles. The van der Waals surface area contributed by atoms with Crippen molar-refractivity contribution in [2.24, 2.45) is 0 Å². The Balaban J connectivity index is 2.03. The molecule has 0 spiro atoms. The first-order valence-electron chi connectivity index (χ1n) is 6.53. The van der Waals surface area contributed by atoms with Crippen molar-refractivity contribution in [2.45, 2.75) is 26.8 Å². The molecule has 0 aliphatic rings. The van der Waals surface area contributed by atoms with E-state index >= 15 is 0 Å². The van der Waals surface area contributed by atoms with E-state index in [4.69, 9.17) is 4.74 Å². The molecule has 0 bridgehead atoms. The Hall–Kier alpha value is -1.94. The van der Waals surface area contributed by atoms with E-state index in [9.17, 15) is 0 Å². The second-order valence-electron chi connectivity index (χ2n) is 4.43. The van der Waals surface area contributed by atoms with E-state index in [2.05, 4.69) is 28.3 Å². The van der Waals surface area contributed by atoms with Gasteiger partial charge in [-0.1, -0.05) is 6.92 Å². The van der Waals surface area contributed by atoms with Gasteiger partial charge in [-0.2, -0.15) is 0 Å². The molecule has 0 radical (unpaired) electrons. The lowest BCUT2D eigenvalue weighted by Crippen LogP contribution is -2.14. The molecule has 0 fully saturated rings. The molecule has 0 saturated carbocycles. The molecular formula is C15H19N3O. The number of nitrogens with one attached hydrogen (secondary N) is 1. The van der Waals surface area contributed by atoms with E-state index in [1.165, 1.54) is 5.56 Å². The minimum Gasteiger partial charge on any atom is -0.437 e. The van der Waals surface area contributed by atoms with Crippen LogP contribution in [0.1, 0.15) is 24.5 Å². The lowest BCUT2D eigenvalue weighted by atomic mass is 10.2. The fourth-order valence-corrected chi connectivity index (χ4v) is 1.75. The van der Waals surface area contributed by atoms with Crippen molar-refractivity contribution in [3.05, 3.63) is 47.9 Å². The highest BCUT2D eigenvalue weighted by molar-refractivity contribution is 5.32. The third-order valence-corrected chi connectivity index (χ3v) is 2.69. The lowest BCUT2D eigenvalue weighted by molar-refractivity contribution is 0.456. The average molecular weight is 257 g/mol. The van der Waals surface area contributed by atoms with Crippen LogP contribution in [-0.4, -0.2) is 16.5 Å². The van der Waals surface area contributed by atoms with Crippen LogP contribution in [0.5, 0.6) is 11.6 Å². The number of nitrogens with zero attached hydrogens (tertiary/aromatic N) is 2. The Morgan fingerprint density at radius 3 is 2.89 bits per heavy atom. The molecule has 2 aromatic heterocycles. The number of ether oxygens (including phenoxy) is 1. The van der Waals surface area contributed by atoms with Crippen LogP contribution in [0.4, 0.5) is 0 Å². The Bertz CT molecular complexity index is 514. The molecule has 4 nitrogen and oxygen atoms in total. The molecule has 0 atom stereocenters. The molecule has 0 aliphatic heterocycles. The van der Waals surface area contributed by atoms with Gasteiger partial charge in [0.25, 0.3) is 0 Å². The highest BCUT2D eigenvalue weighted by atomic mass is 16.5. The van der Waals surface area contributed by atoms with Crippen LogP contribution in [0, 0.1) is 6.92 Å². The summed E-state index contributed by atoms with van der Waals surface area (Å²) in [6, 6.07) is 5.81. The van der Waals surface area contributed by atoms with E-state index in [0.29, 0.717) is 11.6 Å². The monoisotopic (exact) mass is 257 g/mol. The van der Waals surface area contributed by atoms with Crippen molar-refractivity contribution >= 4 is 0 Å². The summed E-state index contributed by atoms with van der Waals surface area (Å²) in [6.07, 6.45) is 6.38. The number of aromatic nitrogens is 2. The minimum atomic E-state index is 0.632. The Morgan fingerprint density at radius 2 is 2.21 bits per heavy atom. The third-order valence-electron chi connectivity index (χ3n) is 2.69. The second-order valence-corrected chi connectivity index (χ2v) is 4.43. The van der Waals surface area contributed by atoms with Gasteiger partial charge < -0.3 is 10.1 Å². The fraction of sp³-hybridized carbons (Fsp3) is 0.333. The van der Waals surface area contributed by atoms with Crippen molar-refractivity contribution in [3.8, 4) is 11.6 Å². The molecule has 0 aromatic carbocycles. The topological polar surface area (TPSA) is 47.0 Å².